The fourth-order valence-corrected chi connectivity index (χ4v) is 0.678. The number of nitrogens with zero attached hydrogens (tertiary/aromatic N) is 1. The van der Waals surface area contributed by atoms with Crippen molar-refractivity contribution in [3.63, 3.8) is 0 Å². The van der Waals surface area contributed by atoms with E-state index < -0.39 is 11.8 Å². The number of hydrogen-bond donors (Lipinski definition) is 0. The molecule has 0 aliphatic carbocycles. The molecule has 0 N–H and O–H groups in total. The third-order valence-electron chi connectivity index (χ3n) is 1.18. The van der Waals surface area contributed by atoms with Crippen molar-refractivity contribution in [1.29, 1.82) is 0 Å². The molecule has 0 amide bonds. The molecular weight excluding hydrogens is 164 g/mol. The van der Waals surface area contributed by atoms with Gasteiger partial charge in [-0.15, -0.1) is 0 Å². The van der Waals surface area contributed by atoms with Gasteiger partial charge in [0.2, 0.25) is 5.95 Å². The van der Waals surface area contributed by atoms with Crippen LogP contribution in [0.2, 0.25) is 0 Å². The van der Waals surface area contributed by atoms with E-state index in [9.17, 15) is 13.6 Å². The highest BCUT2D eigenvalue weighted by Gasteiger charge is 2.00. The van der Waals surface area contributed by atoms with Gasteiger partial charge in [0.15, 0.2) is 5.82 Å². The fourth-order valence-electron chi connectivity index (χ4n) is 0.678. The summed E-state index contributed by atoms with van der Waals surface area (Å²) in [6.45, 7) is 0. The SMILES string of the molecule is O=CC=Cc1cnc(F)c(F)c1. The Balaban J connectivity index is 2.96. The van der Waals surface area contributed by atoms with Crippen molar-refractivity contribution in [2.24, 2.45) is 0 Å². The number of halogens is 2. The molecule has 0 aromatic carbocycles. The molecule has 1 aromatic heterocycles. The van der Waals surface area contributed by atoms with E-state index in [0.717, 1.165) is 12.3 Å². The molecule has 4 heteroatoms. The monoisotopic (exact) mass is 169 g/mol. The van der Waals surface area contributed by atoms with Gasteiger partial charge < -0.3 is 0 Å². The number of allylic oxidation sites excluding steroid dienone is 1. The highest BCUT2D eigenvalue weighted by Crippen LogP contribution is 2.06. The average Bonchev–Trinajstić information content (AvgIpc) is 2.07. The summed E-state index contributed by atoms with van der Waals surface area (Å²) in [5, 5.41) is 0. The zero-order chi connectivity index (χ0) is 8.97. The van der Waals surface area contributed by atoms with E-state index in [1.54, 1.807) is 0 Å². The van der Waals surface area contributed by atoms with Gasteiger partial charge in [-0.25, -0.2) is 9.37 Å². The number of pyridine rings is 1. The second-order valence-electron chi connectivity index (χ2n) is 2.04. The average molecular weight is 169 g/mol. The van der Waals surface area contributed by atoms with Crippen molar-refractivity contribution in [3.8, 4) is 0 Å². The van der Waals surface area contributed by atoms with E-state index in [1.807, 2.05) is 0 Å². The molecule has 0 saturated heterocycles. The molecule has 62 valence electrons. The van der Waals surface area contributed by atoms with Gasteiger partial charge in [0.05, 0.1) is 0 Å². The highest BCUT2D eigenvalue weighted by atomic mass is 19.2. The third kappa shape index (κ3) is 1.95. The summed E-state index contributed by atoms with van der Waals surface area (Å²) < 4.78 is 24.7. The number of hydrogen-bond acceptors (Lipinski definition) is 2. The molecule has 0 radical (unpaired) electrons. The minimum absolute atomic E-state index is 0.348. The van der Waals surface area contributed by atoms with E-state index >= 15 is 0 Å². The quantitative estimate of drug-likeness (QED) is 0.382. The number of rotatable bonds is 2. The minimum atomic E-state index is -1.14. The first-order chi connectivity index (χ1) is 5.74. The standard InChI is InChI=1S/C8H5F2NO/c9-7-4-6(2-1-3-12)5-11-8(7)10/h1-5H. The molecule has 0 atom stereocenters. The van der Waals surface area contributed by atoms with Crippen LogP contribution in [0.5, 0.6) is 0 Å². The Bertz CT molecular complexity index is 323. The molecular formula is C8H5F2NO. The van der Waals surface area contributed by atoms with Gasteiger partial charge in [-0.05, 0) is 17.7 Å². The second kappa shape index (κ2) is 3.71. The van der Waals surface area contributed by atoms with Crippen LogP contribution in [0.4, 0.5) is 8.78 Å². The number of aldehydes is 1. The number of aromatic nitrogens is 1. The van der Waals surface area contributed by atoms with E-state index in [-0.39, 0.29) is 0 Å². The molecule has 0 fully saturated rings. The zero-order valence-electron chi connectivity index (χ0n) is 6.00. The first-order valence-corrected chi connectivity index (χ1v) is 3.17. The van der Waals surface area contributed by atoms with Gasteiger partial charge in [-0.2, -0.15) is 4.39 Å². The Morgan fingerprint density at radius 3 is 2.75 bits per heavy atom. The molecule has 0 aliphatic rings. The maximum atomic E-state index is 12.4. The van der Waals surface area contributed by atoms with E-state index in [4.69, 9.17) is 0 Å². The molecule has 0 saturated carbocycles. The van der Waals surface area contributed by atoms with Crippen LogP contribution in [0, 0.1) is 11.8 Å². The van der Waals surface area contributed by atoms with Crippen LogP contribution in [-0.2, 0) is 4.79 Å². The van der Waals surface area contributed by atoms with Gasteiger partial charge in [0, 0.05) is 6.20 Å². The predicted octanol–water partition coefficient (Wildman–Crippen LogP) is 1.57. The topological polar surface area (TPSA) is 30.0 Å². The summed E-state index contributed by atoms with van der Waals surface area (Å²) in [5.41, 5.74) is 0.348. The first kappa shape index (κ1) is 8.52. The van der Waals surface area contributed by atoms with Crippen molar-refractivity contribution >= 4 is 12.4 Å². The van der Waals surface area contributed by atoms with Crippen LogP contribution < -0.4 is 0 Å². The summed E-state index contributed by atoms with van der Waals surface area (Å²) in [4.78, 5) is 13.0. The summed E-state index contributed by atoms with van der Waals surface area (Å²) in [6.07, 6.45) is 4.19. The van der Waals surface area contributed by atoms with Crippen LogP contribution in [0.25, 0.3) is 6.08 Å². The van der Waals surface area contributed by atoms with Crippen molar-refractivity contribution in [3.05, 3.63) is 35.7 Å². The zero-order valence-corrected chi connectivity index (χ0v) is 6.00. The lowest BCUT2D eigenvalue weighted by molar-refractivity contribution is -0.104. The molecule has 0 bridgehead atoms. The number of carbonyl (C=O) groups is 1. The Kier molecular flexibility index (Phi) is 2.63. The molecule has 0 unspecified atom stereocenters. The van der Waals surface area contributed by atoms with Crippen molar-refractivity contribution < 1.29 is 13.6 Å². The highest BCUT2D eigenvalue weighted by molar-refractivity contribution is 5.73. The van der Waals surface area contributed by atoms with Crippen molar-refractivity contribution in [2.75, 3.05) is 0 Å². The Morgan fingerprint density at radius 2 is 2.17 bits per heavy atom. The third-order valence-corrected chi connectivity index (χ3v) is 1.18. The Labute approximate surface area is 67.5 Å². The van der Waals surface area contributed by atoms with Gasteiger partial charge in [-0.1, -0.05) is 6.08 Å². The maximum Gasteiger partial charge on any atom is 0.248 e. The fraction of sp³-hybridized carbons (Fsp3) is 0. The lowest BCUT2D eigenvalue weighted by atomic mass is 10.2. The lowest BCUT2D eigenvalue weighted by Crippen LogP contribution is -1.89. The van der Waals surface area contributed by atoms with E-state index in [2.05, 4.69) is 4.98 Å². The molecule has 0 spiro atoms. The van der Waals surface area contributed by atoms with E-state index in [1.165, 1.54) is 12.2 Å². The molecule has 1 heterocycles. The molecule has 1 aromatic rings. The smallest absolute Gasteiger partial charge is 0.248 e. The van der Waals surface area contributed by atoms with Crippen LogP contribution in [-0.4, -0.2) is 11.3 Å². The summed E-state index contributed by atoms with van der Waals surface area (Å²) in [6, 6.07) is 0.961. The molecule has 12 heavy (non-hydrogen) atoms. The Hall–Kier alpha value is -1.58. The Morgan fingerprint density at radius 1 is 1.42 bits per heavy atom. The van der Waals surface area contributed by atoms with Crippen LogP contribution in [0.15, 0.2) is 18.3 Å². The van der Waals surface area contributed by atoms with Crippen molar-refractivity contribution in [1.82, 2.24) is 4.98 Å². The normalized spacial score (nSPS) is 10.5. The summed E-state index contributed by atoms with van der Waals surface area (Å²) in [5.74, 6) is -2.17. The van der Waals surface area contributed by atoms with Crippen molar-refractivity contribution in [2.45, 2.75) is 0 Å². The lowest BCUT2D eigenvalue weighted by Gasteiger charge is -1.92. The minimum Gasteiger partial charge on any atom is -0.299 e. The summed E-state index contributed by atoms with van der Waals surface area (Å²) >= 11 is 0. The maximum absolute atomic E-state index is 12.4. The van der Waals surface area contributed by atoms with Gasteiger partial charge in [0.25, 0.3) is 0 Å². The van der Waals surface area contributed by atoms with Gasteiger partial charge >= 0.3 is 0 Å². The predicted molar refractivity (Wildman–Crippen MR) is 39.3 cm³/mol. The summed E-state index contributed by atoms with van der Waals surface area (Å²) in [7, 11) is 0. The van der Waals surface area contributed by atoms with Gasteiger partial charge in [0.1, 0.15) is 6.29 Å². The van der Waals surface area contributed by atoms with Crippen LogP contribution >= 0.6 is 0 Å². The van der Waals surface area contributed by atoms with Crippen LogP contribution in [0.1, 0.15) is 5.56 Å². The second-order valence-corrected chi connectivity index (χ2v) is 2.04. The first-order valence-electron chi connectivity index (χ1n) is 3.17. The number of carbonyl (C=O) groups excluding carboxylic acids is 1. The van der Waals surface area contributed by atoms with Gasteiger partial charge in [-0.3, -0.25) is 4.79 Å². The van der Waals surface area contributed by atoms with E-state index in [0.29, 0.717) is 11.8 Å². The largest absolute Gasteiger partial charge is 0.299 e. The molecule has 0 aliphatic heterocycles. The van der Waals surface area contributed by atoms with Crippen LogP contribution in [0.3, 0.4) is 0 Å². The molecule has 2 nitrogen and oxygen atoms in total. The molecule has 1 rings (SSSR count).